The molecule has 0 aromatic heterocycles. The Morgan fingerprint density at radius 2 is 2.33 bits per heavy atom. The summed E-state index contributed by atoms with van der Waals surface area (Å²) in [4.78, 5) is 2.40. The number of methoxy groups -OCH3 is 1. The molecule has 1 unspecified atom stereocenters. The largest absolute Gasteiger partial charge is 0.384 e. The summed E-state index contributed by atoms with van der Waals surface area (Å²) in [5, 5.41) is 8.95. The Labute approximate surface area is 109 Å². The number of ether oxygens (including phenoxy) is 1. The number of rotatable bonds is 3. The quantitative estimate of drug-likeness (QED) is 0.820. The number of nitrogens with zero attached hydrogens (tertiary/aromatic N) is 2. The van der Waals surface area contributed by atoms with Crippen LogP contribution in [-0.4, -0.2) is 26.8 Å². The third-order valence-corrected chi connectivity index (χ3v) is 3.62. The number of aryl methyl sites for hydroxylation is 1. The molecule has 1 aromatic rings. The molecule has 18 heavy (non-hydrogen) atoms. The molecule has 1 heterocycles. The van der Waals surface area contributed by atoms with Crippen molar-refractivity contribution in [3.8, 4) is 6.07 Å². The summed E-state index contributed by atoms with van der Waals surface area (Å²) in [6.07, 6.45) is 2.46. The zero-order chi connectivity index (χ0) is 13.0. The first kappa shape index (κ1) is 12.9. The summed E-state index contributed by atoms with van der Waals surface area (Å²) >= 11 is 0. The molecule has 1 fully saturated rings. The van der Waals surface area contributed by atoms with Crippen molar-refractivity contribution >= 4 is 5.69 Å². The molecule has 96 valence electrons. The Balaban J connectivity index is 2.11. The highest BCUT2D eigenvalue weighted by atomic mass is 16.5. The lowest BCUT2D eigenvalue weighted by Crippen LogP contribution is -2.37. The van der Waals surface area contributed by atoms with E-state index >= 15 is 0 Å². The number of nitriles is 1. The van der Waals surface area contributed by atoms with E-state index in [0.29, 0.717) is 5.92 Å². The van der Waals surface area contributed by atoms with Crippen LogP contribution in [0.4, 0.5) is 5.69 Å². The Morgan fingerprint density at radius 1 is 1.50 bits per heavy atom. The lowest BCUT2D eigenvalue weighted by molar-refractivity contribution is 0.143. The summed E-state index contributed by atoms with van der Waals surface area (Å²) in [6.45, 7) is 5.00. The van der Waals surface area contributed by atoms with Crippen molar-refractivity contribution in [3.63, 3.8) is 0 Å². The highest BCUT2D eigenvalue weighted by Crippen LogP contribution is 2.25. The van der Waals surface area contributed by atoms with E-state index in [0.717, 1.165) is 30.8 Å². The summed E-state index contributed by atoms with van der Waals surface area (Å²) in [6, 6.07) is 8.31. The monoisotopic (exact) mass is 244 g/mol. The second kappa shape index (κ2) is 5.88. The maximum atomic E-state index is 8.95. The van der Waals surface area contributed by atoms with E-state index in [1.54, 1.807) is 7.11 Å². The van der Waals surface area contributed by atoms with Gasteiger partial charge in [-0.05, 0) is 49.4 Å². The van der Waals surface area contributed by atoms with Crippen LogP contribution < -0.4 is 4.90 Å². The van der Waals surface area contributed by atoms with Gasteiger partial charge in [-0.25, -0.2) is 0 Å². The van der Waals surface area contributed by atoms with Crippen LogP contribution in [0.3, 0.4) is 0 Å². The first-order valence-electron chi connectivity index (χ1n) is 6.49. The van der Waals surface area contributed by atoms with Gasteiger partial charge in [-0.3, -0.25) is 0 Å². The van der Waals surface area contributed by atoms with Gasteiger partial charge < -0.3 is 9.64 Å². The van der Waals surface area contributed by atoms with Crippen molar-refractivity contribution < 1.29 is 4.74 Å². The fourth-order valence-electron chi connectivity index (χ4n) is 2.64. The SMILES string of the molecule is COCC1CCCN(c2ccc(C#N)c(C)c2)C1. The molecule has 1 aromatic carbocycles. The van der Waals surface area contributed by atoms with Crippen molar-refractivity contribution in [1.82, 2.24) is 0 Å². The fraction of sp³-hybridized carbons (Fsp3) is 0.533. The fourth-order valence-corrected chi connectivity index (χ4v) is 2.64. The highest BCUT2D eigenvalue weighted by molar-refractivity contribution is 5.53. The smallest absolute Gasteiger partial charge is 0.0994 e. The maximum Gasteiger partial charge on any atom is 0.0994 e. The van der Waals surface area contributed by atoms with Crippen molar-refractivity contribution in [2.24, 2.45) is 5.92 Å². The molecule has 1 aliphatic rings. The average molecular weight is 244 g/mol. The first-order chi connectivity index (χ1) is 8.74. The molecule has 1 aliphatic heterocycles. The average Bonchev–Trinajstić information content (AvgIpc) is 2.39. The summed E-state index contributed by atoms with van der Waals surface area (Å²) < 4.78 is 5.26. The van der Waals surface area contributed by atoms with Crippen LogP contribution in [0.15, 0.2) is 18.2 Å². The van der Waals surface area contributed by atoms with Crippen LogP contribution in [0.2, 0.25) is 0 Å². The molecule has 0 bridgehead atoms. The minimum absolute atomic E-state index is 0.625. The lowest BCUT2D eigenvalue weighted by Gasteiger charge is -2.34. The molecule has 0 aliphatic carbocycles. The Morgan fingerprint density at radius 3 is 3.00 bits per heavy atom. The third kappa shape index (κ3) is 2.83. The van der Waals surface area contributed by atoms with Gasteiger partial charge in [0.1, 0.15) is 0 Å². The predicted molar refractivity (Wildman–Crippen MR) is 72.7 cm³/mol. The van der Waals surface area contributed by atoms with Gasteiger partial charge in [0.15, 0.2) is 0 Å². The summed E-state index contributed by atoms with van der Waals surface area (Å²) in [5.74, 6) is 0.625. The predicted octanol–water partition coefficient (Wildman–Crippen LogP) is 2.73. The number of anilines is 1. The van der Waals surface area contributed by atoms with E-state index in [-0.39, 0.29) is 0 Å². The summed E-state index contributed by atoms with van der Waals surface area (Å²) in [7, 11) is 1.77. The van der Waals surface area contributed by atoms with Crippen molar-refractivity contribution in [3.05, 3.63) is 29.3 Å². The van der Waals surface area contributed by atoms with E-state index in [2.05, 4.69) is 23.1 Å². The normalized spacial score (nSPS) is 19.6. The molecule has 0 N–H and O–H groups in total. The standard InChI is InChI=1S/C15H20N2O/c1-12-8-15(6-5-14(12)9-16)17-7-3-4-13(10-17)11-18-2/h5-6,8,13H,3-4,7,10-11H2,1-2H3. The maximum absolute atomic E-state index is 8.95. The van der Waals surface area contributed by atoms with Crippen LogP contribution in [0.25, 0.3) is 0 Å². The van der Waals surface area contributed by atoms with Gasteiger partial charge in [0.05, 0.1) is 18.2 Å². The van der Waals surface area contributed by atoms with Crippen LogP contribution in [0.5, 0.6) is 0 Å². The van der Waals surface area contributed by atoms with Crippen molar-refractivity contribution in [1.29, 1.82) is 5.26 Å². The van der Waals surface area contributed by atoms with E-state index in [1.165, 1.54) is 18.5 Å². The number of hydrogen-bond acceptors (Lipinski definition) is 3. The minimum atomic E-state index is 0.625. The van der Waals surface area contributed by atoms with Crippen LogP contribution in [0.1, 0.15) is 24.0 Å². The Bertz CT molecular complexity index is 448. The van der Waals surface area contributed by atoms with E-state index in [4.69, 9.17) is 10.00 Å². The van der Waals surface area contributed by atoms with Gasteiger partial charge in [0, 0.05) is 25.9 Å². The first-order valence-corrected chi connectivity index (χ1v) is 6.49. The number of piperidine rings is 1. The highest BCUT2D eigenvalue weighted by Gasteiger charge is 2.20. The molecular weight excluding hydrogens is 224 g/mol. The topological polar surface area (TPSA) is 36.3 Å². The van der Waals surface area contributed by atoms with Crippen LogP contribution in [0, 0.1) is 24.2 Å². The van der Waals surface area contributed by atoms with E-state index in [1.807, 2.05) is 13.0 Å². The van der Waals surface area contributed by atoms with Gasteiger partial charge in [0.25, 0.3) is 0 Å². The Hall–Kier alpha value is -1.53. The molecule has 0 saturated carbocycles. The van der Waals surface area contributed by atoms with E-state index < -0.39 is 0 Å². The van der Waals surface area contributed by atoms with Crippen molar-refractivity contribution in [2.75, 3.05) is 31.7 Å². The van der Waals surface area contributed by atoms with Gasteiger partial charge in [0.2, 0.25) is 0 Å². The molecule has 2 rings (SSSR count). The lowest BCUT2D eigenvalue weighted by atomic mass is 9.98. The van der Waals surface area contributed by atoms with Crippen LogP contribution >= 0.6 is 0 Å². The van der Waals surface area contributed by atoms with Gasteiger partial charge >= 0.3 is 0 Å². The molecule has 1 saturated heterocycles. The van der Waals surface area contributed by atoms with Crippen LogP contribution in [-0.2, 0) is 4.74 Å². The molecule has 1 atom stereocenters. The van der Waals surface area contributed by atoms with Gasteiger partial charge in [-0.2, -0.15) is 5.26 Å². The molecule has 0 radical (unpaired) electrons. The molecule has 3 nitrogen and oxygen atoms in total. The molecule has 0 amide bonds. The Kier molecular flexibility index (Phi) is 4.22. The van der Waals surface area contributed by atoms with Crippen molar-refractivity contribution in [2.45, 2.75) is 19.8 Å². The third-order valence-electron chi connectivity index (χ3n) is 3.62. The molecule has 3 heteroatoms. The van der Waals surface area contributed by atoms with Gasteiger partial charge in [-0.1, -0.05) is 0 Å². The molecular formula is C15H20N2O. The van der Waals surface area contributed by atoms with Gasteiger partial charge in [-0.15, -0.1) is 0 Å². The zero-order valence-electron chi connectivity index (χ0n) is 11.1. The van der Waals surface area contributed by atoms with E-state index in [9.17, 15) is 0 Å². The minimum Gasteiger partial charge on any atom is -0.384 e. The summed E-state index contributed by atoms with van der Waals surface area (Å²) in [5.41, 5.74) is 3.06. The number of hydrogen-bond donors (Lipinski definition) is 0. The second-order valence-electron chi connectivity index (χ2n) is 5.02. The zero-order valence-corrected chi connectivity index (χ0v) is 11.1. The second-order valence-corrected chi connectivity index (χ2v) is 5.02. The number of benzene rings is 1. The molecule has 0 spiro atoms.